The summed E-state index contributed by atoms with van der Waals surface area (Å²) in [5.74, 6) is 1.25. The third-order valence-corrected chi connectivity index (χ3v) is 7.05. The van der Waals surface area contributed by atoms with Gasteiger partial charge in [0.2, 0.25) is 0 Å². The molecule has 158 valence electrons. The highest BCUT2D eigenvalue weighted by Gasteiger charge is 2.29. The van der Waals surface area contributed by atoms with Gasteiger partial charge in [-0.1, -0.05) is 45.0 Å². The minimum atomic E-state index is -0.482. The van der Waals surface area contributed by atoms with Gasteiger partial charge in [0.05, 0.1) is 15.2 Å². The fourth-order valence-electron chi connectivity index (χ4n) is 3.96. The van der Waals surface area contributed by atoms with E-state index in [9.17, 15) is 4.79 Å². The number of fused-ring (bicyclic) bond motifs is 1. The van der Waals surface area contributed by atoms with Gasteiger partial charge < -0.3 is 9.64 Å². The average molecular weight is 423 g/mol. The fourth-order valence-corrected chi connectivity index (χ4v) is 5.09. The molecule has 4 nitrogen and oxygen atoms in total. The van der Waals surface area contributed by atoms with Crippen LogP contribution in [0.4, 0.5) is 0 Å². The molecule has 3 aromatic rings. The number of carbonyl (C=O) groups excluding carboxylic acids is 1. The maximum absolute atomic E-state index is 12.9. The van der Waals surface area contributed by atoms with Crippen LogP contribution in [0.1, 0.15) is 57.0 Å². The van der Waals surface area contributed by atoms with Crippen LogP contribution < -0.4 is 4.74 Å². The number of carbonyl (C=O) groups is 1. The first-order valence-electron chi connectivity index (χ1n) is 10.7. The van der Waals surface area contributed by atoms with Gasteiger partial charge in [0, 0.05) is 19.0 Å². The zero-order valence-electron chi connectivity index (χ0n) is 18.2. The molecule has 1 amide bonds. The molecule has 1 atom stereocenters. The molecular weight excluding hydrogens is 392 g/mol. The zero-order chi connectivity index (χ0) is 21.3. The molecule has 0 unspecified atom stereocenters. The normalized spacial score (nSPS) is 16.6. The van der Waals surface area contributed by atoms with E-state index in [4.69, 9.17) is 9.72 Å². The highest BCUT2D eigenvalue weighted by molar-refractivity contribution is 7.18. The largest absolute Gasteiger partial charge is 0.481 e. The monoisotopic (exact) mass is 422 g/mol. The number of ether oxygens (including phenoxy) is 1. The van der Waals surface area contributed by atoms with Gasteiger partial charge in [-0.3, -0.25) is 4.79 Å². The summed E-state index contributed by atoms with van der Waals surface area (Å²) in [7, 11) is 0. The van der Waals surface area contributed by atoms with E-state index in [2.05, 4.69) is 51.1 Å². The van der Waals surface area contributed by atoms with Crippen LogP contribution >= 0.6 is 11.3 Å². The lowest BCUT2D eigenvalue weighted by molar-refractivity contribution is -0.139. The van der Waals surface area contributed by atoms with E-state index in [1.165, 1.54) is 15.3 Å². The molecule has 4 rings (SSSR count). The highest BCUT2D eigenvalue weighted by atomic mass is 32.1. The van der Waals surface area contributed by atoms with E-state index in [1.807, 2.05) is 30.0 Å². The number of nitrogens with zero attached hydrogens (tertiary/aromatic N) is 2. The summed E-state index contributed by atoms with van der Waals surface area (Å²) in [5, 5.41) is 1.20. The van der Waals surface area contributed by atoms with Gasteiger partial charge in [0.1, 0.15) is 5.75 Å². The van der Waals surface area contributed by atoms with Gasteiger partial charge in [-0.05, 0) is 55.0 Å². The summed E-state index contributed by atoms with van der Waals surface area (Å²) in [6.45, 7) is 9.93. The van der Waals surface area contributed by atoms with Crippen molar-refractivity contribution in [3.05, 3.63) is 59.1 Å². The molecule has 5 heteroatoms. The van der Waals surface area contributed by atoms with Crippen LogP contribution in [-0.4, -0.2) is 35.0 Å². The Morgan fingerprint density at radius 3 is 2.40 bits per heavy atom. The van der Waals surface area contributed by atoms with Crippen LogP contribution in [0.3, 0.4) is 0 Å². The summed E-state index contributed by atoms with van der Waals surface area (Å²) in [6, 6.07) is 16.4. The van der Waals surface area contributed by atoms with Crippen LogP contribution in [0, 0.1) is 0 Å². The molecule has 1 aliphatic rings. The summed E-state index contributed by atoms with van der Waals surface area (Å²) in [5.41, 5.74) is 2.44. The smallest absolute Gasteiger partial charge is 0.263 e. The van der Waals surface area contributed by atoms with Crippen LogP contribution in [0.25, 0.3) is 10.2 Å². The standard InChI is InChI=1S/C25H30N2O2S/c1-17(29-20-11-9-19(10-12-20)25(2,3)4)24(28)27-15-13-18(14-16-27)23-26-21-7-5-6-8-22(21)30-23/h5-12,17-18H,13-16H2,1-4H3/t17-/m0/s1. The Hall–Kier alpha value is -2.40. The topological polar surface area (TPSA) is 42.4 Å². The van der Waals surface area contributed by atoms with Gasteiger partial charge >= 0.3 is 0 Å². The summed E-state index contributed by atoms with van der Waals surface area (Å²) in [4.78, 5) is 19.7. The molecular formula is C25H30N2O2S. The third-order valence-electron chi connectivity index (χ3n) is 5.85. The second kappa shape index (κ2) is 8.38. The molecule has 0 N–H and O–H groups in total. The van der Waals surface area contributed by atoms with Crippen LogP contribution in [0.2, 0.25) is 0 Å². The van der Waals surface area contributed by atoms with Crippen molar-refractivity contribution in [2.45, 2.75) is 58.0 Å². The molecule has 1 aliphatic heterocycles. The number of para-hydroxylation sites is 1. The summed E-state index contributed by atoms with van der Waals surface area (Å²) < 4.78 is 7.19. The van der Waals surface area contributed by atoms with Crippen molar-refractivity contribution < 1.29 is 9.53 Å². The quantitative estimate of drug-likeness (QED) is 0.536. The third kappa shape index (κ3) is 4.51. The van der Waals surface area contributed by atoms with Crippen molar-refractivity contribution in [2.75, 3.05) is 13.1 Å². The van der Waals surface area contributed by atoms with Crippen LogP contribution in [0.5, 0.6) is 5.75 Å². The van der Waals surface area contributed by atoms with E-state index in [0.717, 1.165) is 37.2 Å². The SMILES string of the molecule is C[C@H](Oc1ccc(C(C)(C)C)cc1)C(=O)N1CCC(c2nc3ccccc3s2)CC1. The number of likely N-dealkylation sites (tertiary alicyclic amines) is 1. The Morgan fingerprint density at radius 2 is 1.77 bits per heavy atom. The molecule has 2 aromatic carbocycles. The van der Waals surface area contributed by atoms with Crippen molar-refractivity contribution in [3.63, 3.8) is 0 Å². The van der Waals surface area contributed by atoms with Crippen molar-refractivity contribution in [1.29, 1.82) is 0 Å². The van der Waals surface area contributed by atoms with Crippen molar-refractivity contribution >= 4 is 27.5 Å². The predicted octanol–water partition coefficient (Wildman–Crippen LogP) is 5.77. The molecule has 0 bridgehead atoms. The molecule has 0 radical (unpaired) electrons. The lowest BCUT2D eigenvalue weighted by atomic mass is 9.87. The number of hydrogen-bond acceptors (Lipinski definition) is 4. The van der Waals surface area contributed by atoms with Crippen LogP contribution in [-0.2, 0) is 10.2 Å². The molecule has 2 heterocycles. The number of rotatable bonds is 4. The predicted molar refractivity (Wildman–Crippen MR) is 123 cm³/mol. The second-order valence-electron chi connectivity index (χ2n) is 9.15. The Labute approximate surface area is 182 Å². The summed E-state index contributed by atoms with van der Waals surface area (Å²) in [6.07, 6.45) is 1.43. The Balaban J connectivity index is 1.33. The molecule has 1 aromatic heterocycles. The van der Waals surface area contributed by atoms with Gasteiger partial charge in [-0.15, -0.1) is 11.3 Å². The lowest BCUT2D eigenvalue weighted by Crippen LogP contribution is -2.44. The Kier molecular flexibility index (Phi) is 5.83. The van der Waals surface area contributed by atoms with Crippen molar-refractivity contribution in [1.82, 2.24) is 9.88 Å². The first-order valence-corrected chi connectivity index (χ1v) is 11.5. The van der Waals surface area contributed by atoms with Gasteiger partial charge in [-0.25, -0.2) is 4.98 Å². The first-order chi connectivity index (χ1) is 14.3. The van der Waals surface area contributed by atoms with E-state index in [1.54, 1.807) is 11.3 Å². The lowest BCUT2D eigenvalue weighted by Gasteiger charge is -2.32. The number of benzene rings is 2. The van der Waals surface area contributed by atoms with Gasteiger partial charge in [-0.2, -0.15) is 0 Å². The molecule has 1 fully saturated rings. The number of hydrogen-bond donors (Lipinski definition) is 0. The fraction of sp³-hybridized carbons (Fsp3) is 0.440. The minimum absolute atomic E-state index is 0.0673. The Morgan fingerprint density at radius 1 is 1.10 bits per heavy atom. The van der Waals surface area contributed by atoms with E-state index in [0.29, 0.717) is 5.92 Å². The molecule has 0 saturated carbocycles. The van der Waals surface area contributed by atoms with Crippen LogP contribution in [0.15, 0.2) is 48.5 Å². The maximum atomic E-state index is 12.9. The second-order valence-corrected chi connectivity index (χ2v) is 10.2. The molecule has 0 aliphatic carbocycles. The van der Waals surface area contributed by atoms with E-state index in [-0.39, 0.29) is 11.3 Å². The molecule has 30 heavy (non-hydrogen) atoms. The zero-order valence-corrected chi connectivity index (χ0v) is 19.0. The van der Waals surface area contributed by atoms with E-state index >= 15 is 0 Å². The minimum Gasteiger partial charge on any atom is -0.481 e. The summed E-state index contributed by atoms with van der Waals surface area (Å²) >= 11 is 1.78. The van der Waals surface area contributed by atoms with Crippen molar-refractivity contribution in [2.24, 2.45) is 0 Å². The van der Waals surface area contributed by atoms with Gasteiger partial charge in [0.15, 0.2) is 6.10 Å². The first kappa shape index (κ1) is 20.9. The molecule has 1 saturated heterocycles. The maximum Gasteiger partial charge on any atom is 0.263 e. The van der Waals surface area contributed by atoms with E-state index < -0.39 is 6.10 Å². The number of aromatic nitrogens is 1. The van der Waals surface area contributed by atoms with Gasteiger partial charge in [0.25, 0.3) is 5.91 Å². The highest BCUT2D eigenvalue weighted by Crippen LogP contribution is 2.34. The number of piperidine rings is 1. The average Bonchev–Trinajstić information content (AvgIpc) is 3.17. The molecule has 0 spiro atoms. The number of amides is 1. The van der Waals surface area contributed by atoms with Crippen molar-refractivity contribution in [3.8, 4) is 5.75 Å². The number of thiazole rings is 1. The Bertz CT molecular complexity index is 979.